The van der Waals surface area contributed by atoms with E-state index >= 15 is 0 Å². The minimum Gasteiger partial charge on any atom is -0.466 e. The summed E-state index contributed by atoms with van der Waals surface area (Å²) in [6, 6.07) is 0. The van der Waals surface area contributed by atoms with Crippen molar-refractivity contribution < 1.29 is 22.7 Å². The van der Waals surface area contributed by atoms with Gasteiger partial charge in [-0.15, -0.1) is 0 Å². The van der Waals surface area contributed by atoms with Crippen LogP contribution in [0.3, 0.4) is 0 Å². The smallest absolute Gasteiger partial charge is 0.313 e. The van der Waals surface area contributed by atoms with E-state index < -0.39 is 15.8 Å². The Kier molecular flexibility index (Phi) is 6.98. The maximum absolute atomic E-state index is 11.4. The predicted octanol–water partition coefficient (Wildman–Crippen LogP) is -0.515. The van der Waals surface area contributed by atoms with Gasteiger partial charge in [0.25, 0.3) is 0 Å². The fraction of sp³-hybridized carbons (Fsp3) is 0.800. The number of rotatable bonds is 8. The second-order valence-electron chi connectivity index (χ2n) is 3.89. The molecule has 0 aliphatic rings. The van der Waals surface area contributed by atoms with Gasteiger partial charge in [-0.3, -0.25) is 14.5 Å². The molecule has 0 rings (SSSR count). The number of Topliss-reactive ketones (excluding diaryl/α,β-unsaturated/α-hetero) is 1. The molecule has 0 spiro atoms. The monoisotopic (exact) mass is 265 g/mol. The molecule has 0 aromatic rings. The highest BCUT2D eigenvalue weighted by molar-refractivity contribution is 7.90. The molecule has 0 fully saturated rings. The minimum absolute atomic E-state index is 0.00378. The van der Waals surface area contributed by atoms with Crippen molar-refractivity contribution in [3.63, 3.8) is 0 Å². The van der Waals surface area contributed by atoms with Gasteiger partial charge in [0.15, 0.2) is 5.78 Å². The first-order chi connectivity index (χ1) is 7.74. The lowest BCUT2D eigenvalue weighted by Crippen LogP contribution is -2.31. The van der Waals surface area contributed by atoms with Crippen molar-refractivity contribution in [1.29, 1.82) is 0 Å². The van der Waals surface area contributed by atoms with Gasteiger partial charge in [-0.05, 0) is 14.0 Å². The number of esters is 1. The van der Waals surface area contributed by atoms with Gasteiger partial charge in [-0.2, -0.15) is 0 Å². The number of hydrogen-bond acceptors (Lipinski definition) is 6. The molecule has 6 nitrogen and oxygen atoms in total. The van der Waals surface area contributed by atoms with E-state index in [0.717, 1.165) is 6.26 Å². The van der Waals surface area contributed by atoms with E-state index in [9.17, 15) is 18.0 Å². The SMILES string of the molecule is CCOC(=O)CC(=O)CN(C)CCS(C)(=O)=O. The maximum Gasteiger partial charge on any atom is 0.313 e. The average Bonchev–Trinajstić information content (AvgIpc) is 2.13. The van der Waals surface area contributed by atoms with E-state index in [1.807, 2.05) is 0 Å². The minimum atomic E-state index is -3.03. The molecule has 0 aromatic heterocycles. The molecule has 0 aliphatic carbocycles. The number of sulfone groups is 1. The van der Waals surface area contributed by atoms with Crippen LogP contribution in [0, 0.1) is 0 Å². The Morgan fingerprint density at radius 3 is 2.35 bits per heavy atom. The van der Waals surface area contributed by atoms with Crippen molar-refractivity contribution in [2.24, 2.45) is 0 Å². The van der Waals surface area contributed by atoms with Crippen LogP contribution < -0.4 is 0 Å². The Balaban J connectivity index is 3.92. The van der Waals surface area contributed by atoms with Crippen LogP contribution in [0.5, 0.6) is 0 Å². The zero-order chi connectivity index (χ0) is 13.5. The van der Waals surface area contributed by atoms with Gasteiger partial charge in [0.1, 0.15) is 16.3 Å². The van der Waals surface area contributed by atoms with Crippen LogP contribution in [0.4, 0.5) is 0 Å². The Hall–Kier alpha value is -0.950. The van der Waals surface area contributed by atoms with Gasteiger partial charge >= 0.3 is 5.97 Å². The number of carbonyl (C=O) groups excluding carboxylic acids is 2. The second kappa shape index (κ2) is 7.39. The van der Waals surface area contributed by atoms with Gasteiger partial charge in [0, 0.05) is 12.8 Å². The van der Waals surface area contributed by atoms with Crippen LogP contribution in [-0.2, 0) is 24.2 Å². The number of carbonyl (C=O) groups is 2. The lowest BCUT2D eigenvalue weighted by molar-refractivity contribution is -0.145. The average molecular weight is 265 g/mol. The van der Waals surface area contributed by atoms with Crippen molar-refractivity contribution >= 4 is 21.6 Å². The van der Waals surface area contributed by atoms with Crippen LogP contribution in [0.15, 0.2) is 0 Å². The summed E-state index contributed by atoms with van der Waals surface area (Å²) < 4.78 is 26.4. The molecule has 7 heteroatoms. The van der Waals surface area contributed by atoms with Crippen molar-refractivity contribution in [3.8, 4) is 0 Å². The first-order valence-corrected chi connectivity index (χ1v) is 7.34. The molecule has 0 N–H and O–H groups in total. The molecule has 100 valence electrons. The largest absolute Gasteiger partial charge is 0.466 e. The summed E-state index contributed by atoms with van der Waals surface area (Å²) in [7, 11) is -1.40. The Bertz CT molecular complexity index is 363. The second-order valence-corrected chi connectivity index (χ2v) is 6.15. The van der Waals surface area contributed by atoms with E-state index in [-0.39, 0.29) is 37.7 Å². The zero-order valence-electron chi connectivity index (χ0n) is 10.4. The molecule has 0 amide bonds. The molecule has 0 unspecified atom stereocenters. The summed E-state index contributed by atoms with van der Waals surface area (Å²) in [4.78, 5) is 23.9. The number of nitrogens with zero attached hydrogens (tertiary/aromatic N) is 1. The van der Waals surface area contributed by atoms with Gasteiger partial charge in [-0.25, -0.2) is 8.42 Å². The van der Waals surface area contributed by atoms with Gasteiger partial charge in [0.05, 0.1) is 18.9 Å². The maximum atomic E-state index is 11.4. The fourth-order valence-corrected chi connectivity index (χ4v) is 1.77. The highest BCUT2D eigenvalue weighted by atomic mass is 32.2. The van der Waals surface area contributed by atoms with E-state index in [1.165, 1.54) is 0 Å². The van der Waals surface area contributed by atoms with Crippen LogP contribution in [0.2, 0.25) is 0 Å². The van der Waals surface area contributed by atoms with Crippen molar-refractivity contribution in [1.82, 2.24) is 4.90 Å². The zero-order valence-corrected chi connectivity index (χ0v) is 11.2. The fourth-order valence-electron chi connectivity index (χ4n) is 1.13. The topological polar surface area (TPSA) is 80.8 Å². The van der Waals surface area contributed by atoms with E-state index in [4.69, 9.17) is 0 Å². The third kappa shape index (κ3) is 9.95. The molecule has 0 atom stereocenters. The summed E-state index contributed by atoms with van der Waals surface area (Å²) in [5.41, 5.74) is 0. The highest BCUT2D eigenvalue weighted by Crippen LogP contribution is 1.93. The molecule has 0 aliphatic heterocycles. The number of ether oxygens (including phenoxy) is 1. The third-order valence-electron chi connectivity index (χ3n) is 1.94. The van der Waals surface area contributed by atoms with Gasteiger partial charge < -0.3 is 4.74 Å². The Morgan fingerprint density at radius 2 is 1.88 bits per heavy atom. The standard InChI is InChI=1S/C10H19NO5S/c1-4-16-10(13)7-9(12)8-11(2)5-6-17(3,14)15/h4-8H2,1-3H3. The predicted molar refractivity (Wildman–Crippen MR) is 63.5 cm³/mol. The molecule has 0 radical (unpaired) electrons. The molecule has 0 saturated heterocycles. The van der Waals surface area contributed by atoms with Crippen LogP contribution >= 0.6 is 0 Å². The summed E-state index contributed by atoms with van der Waals surface area (Å²) in [6.45, 7) is 2.23. The summed E-state index contributed by atoms with van der Waals surface area (Å²) in [5.74, 6) is -0.829. The molecular weight excluding hydrogens is 246 g/mol. The molecule has 0 aromatic carbocycles. The summed E-state index contributed by atoms with van der Waals surface area (Å²) >= 11 is 0. The highest BCUT2D eigenvalue weighted by Gasteiger charge is 2.13. The van der Waals surface area contributed by atoms with Gasteiger partial charge in [-0.1, -0.05) is 0 Å². The molecule has 0 heterocycles. The Morgan fingerprint density at radius 1 is 1.29 bits per heavy atom. The normalized spacial score (nSPS) is 11.5. The van der Waals surface area contributed by atoms with Crippen LogP contribution in [0.1, 0.15) is 13.3 Å². The first-order valence-electron chi connectivity index (χ1n) is 5.28. The quantitative estimate of drug-likeness (QED) is 0.434. The first kappa shape index (κ1) is 16.1. The molecule has 17 heavy (non-hydrogen) atoms. The van der Waals surface area contributed by atoms with Crippen LogP contribution in [-0.4, -0.2) is 63.8 Å². The third-order valence-corrected chi connectivity index (χ3v) is 2.86. The van der Waals surface area contributed by atoms with E-state index in [2.05, 4.69) is 4.74 Å². The molecule has 0 saturated carbocycles. The number of hydrogen-bond donors (Lipinski definition) is 0. The van der Waals surface area contributed by atoms with Crippen LogP contribution in [0.25, 0.3) is 0 Å². The van der Waals surface area contributed by atoms with Crippen molar-refractivity contribution in [3.05, 3.63) is 0 Å². The summed E-state index contributed by atoms with van der Waals surface area (Å²) in [5, 5.41) is 0. The van der Waals surface area contributed by atoms with E-state index in [1.54, 1.807) is 18.9 Å². The summed E-state index contributed by atoms with van der Waals surface area (Å²) in [6.07, 6.45) is 0.873. The van der Waals surface area contributed by atoms with Crippen molar-refractivity contribution in [2.45, 2.75) is 13.3 Å². The lowest BCUT2D eigenvalue weighted by atomic mass is 10.3. The van der Waals surface area contributed by atoms with Crippen molar-refractivity contribution in [2.75, 3.05) is 38.8 Å². The lowest BCUT2D eigenvalue weighted by Gasteiger charge is -2.14. The molecule has 0 bridgehead atoms. The molecular formula is C10H19NO5S. The Labute approximate surface area is 102 Å². The van der Waals surface area contributed by atoms with Gasteiger partial charge in [0.2, 0.25) is 0 Å². The van der Waals surface area contributed by atoms with E-state index in [0.29, 0.717) is 0 Å². The number of likely N-dealkylation sites (N-methyl/N-ethyl adjacent to an activating group) is 1. The number of ketones is 1.